The highest BCUT2D eigenvalue weighted by molar-refractivity contribution is 5.76. The van der Waals surface area contributed by atoms with Gasteiger partial charge in [0.1, 0.15) is 54.9 Å². The van der Waals surface area contributed by atoms with Gasteiger partial charge >= 0.3 is 5.97 Å². The number of carbonyl (C=O) groups is 1. The maximum atomic E-state index is 13.1. The van der Waals surface area contributed by atoms with Crippen molar-refractivity contribution in [1.82, 2.24) is 0 Å². The van der Waals surface area contributed by atoms with Crippen LogP contribution in [0.4, 0.5) is 0 Å². The van der Waals surface area contributed by atoms with Gasteiger partial charge in [-0.05, 0) is 116 Å². The van der Waals surface area contributed by atoms with Crippen LogP contribution in [0.25, 0.3) is 0 Å². The Hall–Kier alpha value is -1.31. The van der Waals surface area contributed by atoms with Crippen molar-refractivity contribution >= 4 is 5.97 Å². The summed E-state index contributed by atoms with van der Waals surface area (Å²) in [5.41, 5.74) is 0.383. The van der Waals surface area contributed by atoms with Crippen molar-refractivity contribution in [3.63, 3.8) is 0 Å². The van der Waals surface area contributed by atoms with Crippen molar-refractivity contribution in [3.8, 4) is 0 Å². The fraction of sp³-hybridized carbons (Fsp3) is 0.935. The molecule has 5 aliphatic carbocycles. The summed E-state index contributed by atoms with van der Waals surface area (Å²) in [6, 6.07) is 0. The first-order valence-electron chi connectivity index (χ1n) is 23.0. The molecule has 0 amide bonds. The molecule has 0 spiro atoms. The van der Waals surface area contributed by atoms with Crippen molar-refractivity contribution in [3.05, 3.63) is 11.6 Å². The van der Waals surface area contributed by atoms with Crippen molar-refractivity contribution in [1.29, 1.82) is 0 Å². The Balaban J connectivity index is 0.964. The standard InChI is InChI=1S/C46H74O15/c1-22-30(49)36(61-37-32(51)31(50)25(47)20-56-37)34(53)39(58-22)60-35-26(48)21-57-38(33(35)52)59-29-12-13-43(6)27(42(29,4)5)11-14-45(8)28(43)10-9-23-24-19-41(2,3)15-17-46(24,40(54)55)18-16-44(23,45)7/h9,22,24-39,47-53H,10-21H2,1-8H3,(H,54,55)/t22-,24-,25+,26-,27-,28+,29-,30-,31-,32+,33+,34+,35-,36+,37-,38-,39-,43-,44+,45+,46-/m0/s1. The number of carboxylic acids is 1. The molecule has 348 valence electrons. The molecule has 15 nitrogen and oxygen atoms in total. The largest absolute Gasteiger partial charge is 0.481 e. The minimum absolute atomic E-state index is 0.00192. The average molecular weight is 867 g/mol. The lowest BCUT2D eigenvalue weighted by Crippen LogP contribution is -2.66. The SMILES string of the molecule is C[C@@H]1O[C@@H](O[C@@H]2[C@@H](O)[C@H](O[C@H]3CC[C@]4(C)[C@H]5CC=C6[C@@H]7CC(C)(C)CC[C@]7(C(=O)O)CC[C@@]6(C)[C@]5(C)CC[C@H]4C3(C)C)OC[C@@H]2O)[C@H](O)[C@H](O[C@@H]2OC[C@@H](O)[C@H](O)[C@H]2O)[C@H]1O. The molecule has 3 heterocycles. The number of rotatable bonds is 7. The van der Waals surface area contributed by atoms with Gasteiger partial charge in [-0.3, -0.25) is 4.79 Å². The molecule has 61 heavy (non-hydrogen) atoms. The van der Waals surface area contributed by atoms with Gasteiger partial charge in [-0.2, -0.15) is 0 Å². The smallest absolute Gasteiger partial charge is 0.310 e. The van der Waals surface area contributed by atoms with Crippen LogP contribution in [0.5, 0.6) is 0 Å². The van der Waals surface area contributed by atoms with E-state index in [2.05, 4.69) is 54.5 Å². The number of ether oxygens (including phenoxy) is 6. The summed E-state index contributed by atoms with van der Waals surface area (Å²) in [5.74, 6) is 0.114. The predicted octanol–water partition coefficient (Wildman–Crippen LogP) is 3.01. The first kappa shape index (κ1) is 46.2. The number of allylic oxidation sites excluding steroid dienone is 2. The molecule has 21 atom stereocenters. The van der Waals surface area contributed by atoms with Crippen LogP contribution in [0.2, 0.25) is 0 Å². The number of aliphatic hydroxyl groups is 7. The summed E-state index contributed by atoms with van der Waals surface area (Å²) in [7, 11) is 0. The van der Waals surface area contributed by atoms with Gasteiger partial charge in [0.05, 0.1) is 30.8 Å². The van der Waals surface area contributed by atoms with Crippen LogP contribution in [-0.2, 0) is 33.2 Å². The van der Waals surface area contributed by atoms with Crippen molar-refractivity contribution in [2.45, 2.75) is 206 Å². The highest BCUT2D eigenvalue weighted by Crippen LogP contribution is 2.76. The average Bonchev–Trinajstić information content (AvgIpc) is 3.18. The van der Waals surface area contributed by atoms with E-state index in [4.69, 9.17) is 28.4 Å². The van der Waals surface area contributed by atoms with Gasteiger partial charge in [0.2, 0.25) is 0 Å². The van der Waals surface area contributed by atoms with Crippen molar-refractivity contribution in [2.24, 2.45) is 50.2 Å². The molecule has 7 fully saturated rings. The van der Waals surface area contributed by atoms with E-state index >= 15 is 0 Å². The van der Waals surface area contributed by atoms with Crippen LogP contribution in [0, 0.1) is 50.2 Å². The Bertz CT molecular complexity index is 1670. The van der Waals surface area contributed by atoms with Gasteiger partial charge in [0.15, 0.2) is 18.9 Å². The molecular formula is C46H74O15. The maximum absolute atomic E-state index is 13.1. The van der Waals surface area contributed by atoms with Gasteiger partial charge in [0.25, 0.3) is 0 Å². The van der Waals surface area contributed by atoms with Crippen LogP contribution in [0.1, 0.15) is 120 Å². The minimum Gasteiger partial charge on any atom is -0.481 e. The van der Waals surface area contributed by atoms with Gasteiger partial charge in [-0.25, -0.2) is 0 Å². The second-order valence-corrected chi connectivity index (χ2v) is 22.6. The molecule has 8 N–H and O–H groups in total. The van der Waals surface area contributed by atoms with Crippen LogP contribution in [0.3, 0.4) is 0 Å². The summed E-state index contributed by atoms with van der Waals surface area (Å²) in [5, 5.41) is 86.2. The molecule has 15 heteroatoms. The summed E-state index contributed by atoms with van der Waals surface area (Å²) < 4.78 is 35.6. The number of aliphatic hydroxyl groups excluding tert-OH is 7. The summed E-state index contributed by atoms with van der Waals surface area (Å²) in [6.07, 6.45) is -7.40. The molecule has 0 aromatic heterocycles. The molecule has 3 saturated heterocycles. The fourth-order valence-electron chi connectivity index (χ4n) is 14.5. The fourth-order valence-corrected chi connectivity index (χ4v) is 14.5. The Labute approximate surface area is 360 Å². The number of hydrogen-bond acceptors (Lipinski definition) is 14. The maximum Gasteiger partial charge on any atom is 0.310 e. The van der Waals surface area contributed by atoms with E-state index in [-0.39, 0.29) is 58.2 Å². The monoisotopic (exact) mass is 867 g/mol. The zero-order chi connectivity index (χ0) is 44.4. The first-order chi connectivity index (χ1) is 28.4. The molecular weight excluding hydrogens is 792 g/mol. The third kappa shape index (κ3) is 7.21. The van der Waals surface area contributed by atoms with Gasteiger partial charge in [-0.15, -0.1) is 0 Å². The van der Waals surface area contributed by atoms with Gasteiger partial charge in [-0.1, -0.05) is 60.1 Å². The number of hydrogen-bond donors (Lipinski definition) is 8. The number of carboxylic acid groups (broad SMARTS) is 1. The quantitative estimate of drug-likeness (QED) is 0.136. The zero-order valence-corrected chi connectivity index (χ0v) is 37.3. The van der Waals surface area contributed by atoms with Gasteiger partial charge in [0, 0.05) is 0 Å². The summed E-state index contributed by atoms with van der Waals surface area (Å²) >= 11 is 0. The highest BCUT2D eigenvalue weighted by atomic mass is 16.7. The van der Waals surface area contributed by atoms with E-state index < -0.39 is 91.3 Å². The second-order valence-electron chi connectivity index (χ2n) is 22.6. The molecule has 0 aromatic carbocycles. The minimum atomic E-state index is -1.68. The van der Waals surface area contributed by atoms with Crippen molar-refractivity contribution < 1.29 is 74.1 Å². The normalized spacial score (nSPS) is 54.3. The van der Waals surface area contributed by atoms with E-state index in [0.29, 0.717) is 5.92 Å². The molecule has 3 aliphatic heterocycles. The summed E-state index contributed by atoms with van der Waals surface area (Å²) in [4.78, 5) is 13.1. The Morgan fingerprint density at radius 1 is 0.672 bits per heavy atom. The van der Waals surface area contributed by atoms with E-state index in [1.807, 2.05) is 0 Å². The lowest BCUT2D eigenvalue weighted by atomic mass is 9.33. The lowest BCUT2D eigenvalue weighted by molar-refractivity contribution is -0.371. The molecule has 0 bridgehead atoms. The molecule has 0 unspecified atom stereocenters. The van der Waals surface area contributed by atoms with E-state index in [1.54, 1.807) is 0 Å². The van der Waals surface area contributed by atoms with Crippen LogP contribution in [0.15, 0.2) is 11.6 Å². The predicted molar refractivity (Wildman–Crippen MR) is 217 cm³/mol. The van der Waals surface area contributed by atoms with E-state index in [1.165, 1.54) is 12.5 Å². The molecule has 8 rings (SSSR count). The van der Waals surface area contributed by atoms with E-state index in [0.717, 1.165) is 64.2 Å². The molecule has 0 radical (unpaired) electrons. The van der Waals surface area contributed by atoms with Crippen LogP contribution < -0.4 is 0 Å². The van der Waals surface area contributed by atoms with Gasteiger partial charge < -0.3 is 69.3 Å². The number of aliphatic carboxylic acids is 1. The molecule has 4 saturated carbocycles. The van der Waals surface area contributed by atoms with Crippen LogP contribution >= 0.6 is 0 Å². The lowest BCUT2D eigenvalue weighted by Gasteiger charge is -2.71. The number of fused-ring (bicyclic) bond motifs is 7. The summed E-state index contributed by atoms with van der Waals surface area (Å²) in [6.45, 7) is 17.5. The zero-order valence-electron chi connectivity index (χ0n) is 37.3. The second kappa shape index (κ2) is 15.9. The Morgan fingerprint density at radius 2 is 1.30 bits per heavy atom. The topological polar surface area (TPSA) is 234 Å². The molecule has 8 aliphatic rings. The third-order valence-corrected chi connectivity index (χ3v) is 18.5. The third-order valence-electron chi connectivity index (χ3n) is 18.5. The molecule has 0 aromatic rings. The highest BCUT2D eigenvalue weighted by Gasteiger charge is 2.69. The first-order valence-corrected chi connectivity index (χ1v) is 23.0. The Morgan fingerprint density at radius 3 is 1.98 bits per heavy atom. The van der Waals surface area contributed by atoms with Crippen LogP contribution in [-0.4, -0.2) is 146 Å². The van der Waals surface area contributed by atoms with Crippen molar-refractivity contribution in [2.75, 3.05) is 13.2 Å². The Kier molecular flexibility index (Phi) is 12.1. The van der Waals surface area contributed by atoms with E-state index in [9.17, 15) is 45.6 Å².